The van der Waals surface area contributed by atoms with E-state index in [9.17, 15) is 4.79 Å². The molecule has 0 amide bonds. The first kappa shape index (κ1) is 2.72. The average Bonchev–Trinajstić information content (AvgIpc) is 2.44. The van der Waals surface area contributed by atoms with E-state index >= 15 is 0 Å². The molecule has 4 N–H and O–H groups in total. The van der Waals surface area contributed by atoms with Crippen LogP contribution in [0.25, 0.3) is 0 Å². The molecule has 4 nitrogen and oxygen atoms in total. The van der Waals surface area contributed by atoms with Crippen molar-refractivity contribution in [1.82, 2.24) is 0 Å². The van der Waals surface area contributed by atoms with Crippen molar-refractivity contribution in [3.63, 3.8) is 0 Å². The highest BCUT2D eigenvalue weighted by atomic mass is 16.4. The summed E-state index contributed by atoms with van der Waals surface area (Å²) in [5, 5.41) is 13.0. The van der Waals surface area contributed by atoms with Crippen LogP contribution in [0.3, 0.4) is 0 Å². The van der Waals surface area contributed by atoms with Crippen LogP contribution in [0.15, 0.2) is 24.2 Å². The van der Waals surface area contributed by atoms with E-state index in [0.717, 1.165) is 0 Å². The minimum atomic E-state index is -3.57. The van der Waals surface area contributed by atoms with Crippen LogP contribution in [0, 0.1) is 0 Å². The summed E-state index contributed by atoms with van der Waals surface area (Å²) in [7, 11) is 0. The van der Waals surface area contributed by atoms with Crippen molar-refractivity contribution in [1.29, 1.82) is 1.43 Å². The van der Waals surface area contributed by atoms with Gasteiger partial charge >= 0.3 is 5.97 Å². The molecule has 0 aliphatic rings. The molecular formula is C9H11NO3. The zero-order chi connectivity index (χ0) is 18.3. The number of hydrogen-bond donors (Lipinski definition) is 3. The van der Waals surface area contributed by atoms with Crippen LogP contribution in [-0.4, -0.2) is 23.6 Å². The van der Waals surface area contributed by atoms with Gasteiger partial charge in [-0.05, 0) is 24.0 Å². The van der Waals surface area contributed by atoms with Crippen molar-refractivity contribution in [2.45, 2.75) is 12.4 Å². The molecule has 1 aromatic carbocycles. The lowest BCUT2D eigenvalue weighted by atomic mass is 10.1. The third kappa shape index (κ3) is 2.76. The Morgan fingerprint density at radius 1 is 1.85 bits per heavy atom. The van der Waals surface area contributed by atoms with Crippen molar-refractivity contribution in [3.8, 4) is 5.75 Å². The number of carbonyl (C=O) groups is 1. The summed E-state index contributed by atoms with van der Waals surface area (Å²) in [6, 6.07) is -7.61. The summed E-state index contributed by atoms with van der Waals surface area (Å²) in [4.78, 5) is 11.2. The molecular weight excluding hydrogens is 170 g/mol. The van der Waals surface area contributed by atoms with Gasteiger partial charge in [0.05, 0.1) is 6.85 Å². The molecule has 1 atom stereocenters. The number of phenols is 1. The van der Waals surface area contributed by atoms with Crippen LogP contribution in [-0.2, 0) is 11.2 Å². The van der Waals surface area contributed by atoms with E-state index in [2.05, 4.69) is 5.11 Å². The first-order valence-electron chi connectivity index (χ1n) is 7.91. The number of phenolic OH excluding ortho intramolecular Hbond substituents is 1. The minimum Gasteiger partial charge on any atom is -0.508 e. The van der Waals surface area contributed by atoms with Crippen LogP contribution < -0.4 is 5.72 Å². The Bertz CT molecular complexity index is 622. The fourth-order valence-corrected chi connectivity index (χ4v) is 0.535. The van der Waals surface area contributed by atoms with Crippen molar-refractivity contribution in [2.24, 2.45) is 5.72 Å². The Hall–Kier alpha value is -1.55. The maximum atomic E-state index is 11.2. The minimum absolute atomic E-state index is 0.740. The van der Waals surface area contributed by atoms with Gasteiger partial charge in [0, 0.05) is 2.74 Å². The van der Waals surface area contributed by atoms with E-state index < -0.39 is 59.6 Å². The Morgan fingerprint density at radius 3 is 3.00 bits per heavy atom. The highest BCUT2D eigenvalue weighted by Crippen LogP contribution is 2.10. The zero-order valence-corrected chi connectivity index (χ0v) is 6.21. The summed E-state index contributed by atoms with van der Waals surface area (Å²) in [5.41, 5.74) is -1.87. The van der Waals surface area contributed by atoms with E-state index in [-0.39, 0.29) is 0 Å². The lowest BCUT2D eigenvalue weighted by molar-refractivity contribution is -0.138. The molecule has 0 radical (unpaired) electrons. The average molecular weight is 191 g/mol. The zero-order valence-electron chi connectivity index (χ0n) is 16.2. The maximum absolute atomic E-state index is 11.2. The van der Waals surface area contributed by atoms with Crippen LogP contribution in [0.5, 0.6) is 5.75 Å². The second kappa shape index (κ2) is 3.91. The molecule has 0 aliphatic carbocycles. The molecule has 0 heterocycles. The Kier molecular flexibility index (Phi) is 0.817. The van der Waals surface area contributed by atoms with Crippen LogP contribution in [0.2, 0.25) is 2.82 Å². The Labute approximate surface area is 89.9 Å². The largest absolute Gasteiger partial charge is 0.508 e. The normalized spacial score (nSPS) is 26.8. The molecule has 0 saturated carbocycles. The fraction of sp³-hybridized carbons (Fsp3) is 0.222. The van der Waals surface area contributed by atoms with Crippen molar-refractivity contribution in [3.05, 3.63) is 29.7 Å². The third-order valence-electron chi connectivity index (χ3n) is 1.05. The molecule has 1 rings (SSSR count). The lowest BCUT2D eigenvalue weighted by Gasteiger charge is -2.05. The molecule has 0 saturated heterocycles. The molecule has 0 aromatic heterocycles. The SMILES string of the molecule is [2H]Oc1c([2H])c([2H])c(C([2H])([2H])[C@@]([2H])(C(=O)O)N([2H])[2H])c([2H])c1[2H]. The van der Waals surface area contributed by atoms with E-state index in [4.69, 9.17) is 19.0 Å². The third-order valence-corrected chi connectivity index (χ3v) is 1.05. The predicted molar refractivity (Wildman–Crippen MR) is 47.4 cm³/mol. The van der Waals surface area contributed by atoms with E-state index in [1.54, 1.807) is 0 Å². The molecule has 0 bridgehead atoms. The maximum Gasteiger partial charge on any atom is 0.320 e. The number of carboxylic acid groups (broad SMARTS) is 1. The molecule has 70 valence electrons. The first-order valence-corrected chi connectivity index (χ1v) is 3.11. The molecule has 13 heavy (non-hydrogen) atoms. The molecule has 1 aromatic rings. The number of rotatable bonds is 5. The summed E-state index contributed by atoms with van der Waals surface area (Å²) >= 11 is 0. The van der Waals surface area contributed by atoms with E-state index in [1.807, 2.05) is 0 Å². The topological polar surface area (TPSA) is 83.5 Å². The second-order valence-corrected chi connectivity index (χ2v) is 1.98. The number of hydrogen-bond acceptors (Lipinski definition) is 3. The molecule has 0 spiro atoms. The summed E-state index contributed by atoms with van der Waals surface area (Å²) in [6.45, 7) is 0. The van der Waals surface area contributed by atoms with Gasteiger partial charge in [-0.1, -0.05) is 12.1 Å². The standard InChI is InChI=1S/C9H11NO3/c10-8(9(12)13)5-6-1-3-7(11)4-2-6/h1-4,8,11H,5,10H2,(H,12,13)/t8-/m0/s1/i1D,2D,3D,4D,5D2,8D/hD3. The summed E-state index contributed by atoms with van der Waals surface area (Å²) in [6.07, 6.45) is -3.47. The van der Waals surface area contributed by atoms with Crippen molar-refractivity contribution in [2.75, 3.05) is 0 Å². The van der Waals surface area contributed by atoms with E-state index in [1.165, 1.54) is 0 Å². The predicted octanol–water partition coefficient (Wildman–Crippen LogP) is 0.347. The van der Waals surface area contributed by atoms with E-state index in [0.29, 0.717) is 0 Å². The lowest BCUT2D eigenvalue weighted by Crippen LogP contribution is -2.32. The monoisotopic (exact) mass is 191 g/mol. The number of nitrogens with two attached hydrogens (primary N) is 1. The smallest absolute Gasteiger partial charge is 0.320 e. The van der Waals surface area contributed by atoms with Crippen molar-refractivity contribution >= 4 is 5.97 Å². The highest BCUT2D eigenvalue weighted by molar-refractivity contribution is 5.73. The van der Waals surface area contributed by atoms with Gasteiger partial charge in [0.1, 0.15) is 14.6 Å². The van der Waals surface area contributed by atoms with Gasteiger partial charge in [-0.15, -0.1) is 0 Å². The van der Waals surface area contributed by atoms with Gasteiger partial charge < -0.3 is 15.9 Å². The van der Waals surface area contributed by atoms with Crippen LogP contribution in [0.4, 0.5) is 0 Å². The molecule has 4 heteroatoms. The number of benzene rings is 1. The number of aliphatic carboxylic acids is 1. The number of carboxylic acids is 1. The molecule has 0 unspecified atom stereocenters. The Morgan fingerprint density at radius 2 is 2.54 bits per heavy atom. The van der Waals surface area contributed by atoms with Gasteiger partial charge in [0.2, 0.25) is 0 Å². The van der Waals surface area contributed by atoms with Gasteiger partial charge in [0.15, 0.2) is 0 Å². The van der Waals surface area contributed by atoms with Crippen LogP contribution in [0.1, 0.15) is 15.2 Å². The number of aromatic hydroxyl groups is 1. The highest BCUT2D eigenvalue weighted by Gasteiger charge is 2.11. The van der Waals surface area contributed by atoms with Gasteiger partial charge in [-0.25, -0.2) is 0 Å². The van der Waals surface area contributed by atoms with Gasteiger partial charge in [-0.2, -0.15) is 0 Å². The molecule has 0 fully saturated rings. The summed E-state index contributed by atoms with van der Waals surface area (Å²) < 4.78 is 74.4. The summed E-state index contributed by atoms with van der Waals surface area (Å²) in [5.74, 6) is -3.04. The second-order valence-electron chi connectivity index (χ2n) is 1.98. The quantitative estimate of drug-likeness (QED) is 0.627. The van der Waals surface area contributed by atoms with Gasteiger partial charge in [-0.3, -0.25) is 4.79 Å². The van der Waals surface area contributed by atoms with Crippen molar-refractivity contribution < 1.29 is 27.4 Å². The Balaban J connectivity index is 3.86. The van der Waals surface area contributed by atoms with Crippen LogP contribution >= 0.6 is 0 Å². The van der Waals surface area contributed by atoms with Gasteiger partial charge in [0.25, 0.3) is 1.43 Å². The first-order chi connectivity index (χ1) is 10.4. The molecule has 0 aliphatic heterocycles. The fourth-order valence-electron chi connectivity index (χ4n) is 0.535.